The molecular formula is C11H10N4OS. The van der Waals surface area contributed by atoms with Crippen LogP contribution in [0.25, 0.3) is 15.9 Å². The monoisotopic (exact) mass is 246 g/mol. The summed E-state index contributed by atoms with van der Waals surface area (Å²) in [4.78, 5) is 17.1. The summed E-state index contributed by atoms with van der Waals surface area (Å²) in [6.45, 7) is 0. The molecule has 6 heteroatoms. The summed E-state index contributed by atoms with van der Waals surface area (Å²) in [5.74, 6) is 0. The minimum Gasteiger partial charge on any atom is -0.298 e. The van der Waals surface area contributed by atoms with Gasteiger partial charge >= 0.3 is 5.69 Å². The quantitative estimate of drug-likeness (QED) is 0.654. The summed E-state index contributed by atoms with van der Waals surface area (Å²) in [5.41, 5.74) is 1.91. The molecule has 1 aliphatic rings. The van der Waals surface area contributed by atoms with Gasteiger partial charge in [-0.3, -0.25) is 4.98 Å². The van der Waals surface area contributed by atoms with Gasteiger partial charge in [0.25, 0.3) is 0 Å². The van der Waals surface area contributed by atoms with Crippen LogP contribution in [0.4, 0.5) is 0 Å². The molecule has 5 nitrogen and oxygen atoms in total. The molecule has 0 atom stereocenters. The van der Waals surface area contributed by atoms with Crippen LogP contribution in [0.1, 0.15) is 23.3 Å². The van der Waals surface area contributed by atoms with E-state index in [-0.39, 0.29) is 5.69 Å². The van der Waals surface area contributed by atoms with Gasteiger partial charge in [0, 0.05) is 4.88 Å². The van der Waals surface area contributed by atoms with Gasteiger partial charge in [-0.2, -0.15) is 0 Å². The molecule has 1 N–H and O–H groups in total. The van der Waals surface area contributed by atoms with Crippen LogP contribution in [0, 0.1) is 0 Å². The number of H-pyrrole nitrogens is 1. The Hall–Kier alpha value is -1.69. The molecule has 0 spiro atoms. The lowest BCUT2D eigenvalue weighted by molar-refractivity contribution is 0.700. The Labute approximate surface area is 100 Å². The highest BCUT2D eigenvalue weighted by Gasteiger charge is 2.20. The third-order valence-electron chi connectivity index (χ3n) is 3.38. The van der Waals surface area contributed by atoms with Crippen molar-refractivity contribution in [1.82, 2.24) is 19.6 Å². The summed E-state index contributed by atoms with van der Waals surface area (Å²) in [7, 11) is 0. The molecule has 0 saturated carbocycles. The molecule has 3 aromatic rings. The van der Waals surface area contributed by atoms with Crippen LogP contribution in [0.5, 0.6) is 0 Å². The van der Waals surface area contributed by atoms with Crippen molar-refractivity contribution in [3.63, 3.8) is 0 Å². The van der Waals surface area contributed by atoms with Crippen LogP contribution >= 0.6 is 11.3 Å². The van der Waals surface area contributed by atoms with Crippen LogP contribution in [0.15, 0.2) is 11.1 Å². The van der Waals surface area contributed by atoms with E-state index in [1.54, 1.807) is 11.3 Å². The SMILES string of the molecule is O=c1[nH]c2sc3c(c2c2nncn12)CCCC3. The average Bonchev–Trinajstić information content (AvgIpc) is 2.90. The van der Waals surface area contributed by atoms with E-state index in [2.05, 4.69) is 15.2 Å². The van der Waals surface area contributed by atoms with E-state index >= 15 is 0 Å². The zero-order chi connectivity index (χ0) is 11.4. The molecule has 17 heavy (non-hydrogen) atoms. The largest absolute Gasteiger partial charge is 0.333 e. The van der Waals surface area contributed by atoms with Crippen LogP contribution in [0.3, 0.4) is 0 Å². The molecule has 3 aromatic heterocycles. The Bertz CT molecular complexity index is 782. The molecule has 0 amide bonds. The highest BCUT2D eigenvalue weighted by Crippen LogP contribution is 2.36. The van der Waals surface area contributed by atoms with Gasteiger partial charge in [-0.05, 0) is 31.2 Å². The van der Waals surface area contributed by atoms with Crippen LogP contribution in [-0.4, -0.2) is 19.6 Å². The van der Waals surface area contributed by atoms with E-state index < -0.39 is 0 Å². The van der Waals surface area contributed by atoms with Gasteiger partial charge in [0.05, 0.1) is 5.39 Å². The van der Waals surface area contributed by atoms with Crippen LogP contribution < -0.4 is 5.69 Å². The summed E-state index contributed by atoms with van der Waals surface area (Å²) >= 11 is 1.70. The highest BCUT2D eigenvalue weighted by atomic mass is 32.1. The van der Waals surface area contributed by atoms with Crippen molar-refractivity contribution in [2.75, 3.05) is 0 Å². The van der Waals surface area contributed by atoms with Crippen LogP contribution in [0.2, 0.25) is 0 Å². The highest BCUT2D eigenvalue weighted by molar-refractivity contribution is 7.19. The second-order valence-corrected chi connectivity index (χ2v) is 5.47. The lowest BCUT2D eigenvalue weighted by atomic mass is 9.97. The number of fused-ring (bicyclic) bond motifs is 5. The second-order valence-electron chi connectivity index (χ2n) is 4.37. The van der Waals surface area contributed by atoms with E-state index in [1.807, 2.05) is 0 Å². The number of rotatable bonds is 0. The minimum absolute atomic E-state index is 0.156. The maximum Gasteiger partial charge on any atom is 0.333 e. The average molecular weight is 246 g/mol. The first-order valence-corrected chi connectivity index (χ1v) is 6.52. The van der Waals surface area contributed by atoms with Crippen molar-refractivity contribution < 1.29 is 0 Å². The number of hydrogen-bond donors (Lipinski definition) is 1. The number of aryl methyl sites for hydroxylation is 2. The van der Waals surface area contributed by atoms with E-state index in [9.17, 15) is 4.79 Å². The molecule has 0 aliphatic heterocycles. The van der Waals surface area contributed by atoms with Crippen molar-refractivity contribution in [3.8, 4) is 0 Å². The molecule has 0 aromatic carbocycles. The van der Waals surface area contributed by atoms with Gasteiger partial charge in [-0.25, -0.2) is 9.20 Å². The predicted octanol–water partition coefficient (Wildman–Crippen LogP) is 1.51. The maximum absolute atomic E-state index is 11.8. The van der Waals surface area contributed by atoms with E-state index in [0.29, 0.717) is 5.65 Å². The summed E-state index contributed by atoms with van der Waals surface area (Å²) in [6, 6.07) is 0. The first-order chi connectivity index (χ1) is 8.34. The topological polar surface area (TPSA) is 63.0 Å². The lowest BCUT2D eigenvalue weighted by Crippen LogP contribution is -2.14. The van der Waals surface area contributed by atoms with Gasteiger partial charge < -0.3 is 0 Å². The molecule has 0 fully saturated rings. The lowest BCUT2D eigenvalue weighted by Gasteiger charge is -2.09. The first-order valence-electron chi connectivity index (χ1n) is 5.71. The fourth-order valence-corrected chi connectivity index (χ4v) is 3.88. The molecule has 1 aliphatic carbocycles. The molecule has 0 bridgehead atoms. The van der Waals surface area contributed by atoms with Gasteiger partial charge in [0.1, 0.15) is 11.2 Å². The van der Waals surface area contributed by atoms with Crippen molar-refractivity contribution in [3.05, 3.63) is 27.3 Å². The summed E-state index contributed by atoms with van der Waals surface area (Å²) < 4.78 is 1.49. The normalized spacial score (nSPS) is 15.5. The smallest absolute Gasteiger partial charge is 0.298 e. The number of thiophene rings is 1. The Morgan fingerprint density at radius 1 is 1.35 bits per heavy atom. The van der Waals surface area contributed by atoms with Gasteiger partial charge in [0.15, 0.2) is 5.65 Å². The minimum atomic E-state index is -0.156. The fourth-order valence-electron chi connectivity index (χ4n) is 2.60. The number of hydrogen-bond acceptors (Lipinski definition) is 4. The zero-order valence-corrected chi connectivity index (χ0v) is 9.88. The Balaban J connectivity index is 2.27. The summed E-state index contributed by atoms with van der Waals surface area (Å²) in [6.07, 6.45) is 6.15. The van der Waals surface area contributed by atoms with Gasteiger partial charge in [0.2, 0.25) is 0 Å². The Morgan fingerprint density at radius 2 is 2.24 bits per heavy atom. The molecular weight excluding hydrogens is 236 g/mol. The maximum atomic E-state index is 11.8. The summed E-state index contributed by atoms with van der Waals surface area (Å²) in [5, 5.41) is 9.02. The van der Waals surface area contributed by atoms with E-state index in [0.717, 1.165) is 23.1 Å². The first kappa shape index (κ1) is 9.35. The molecule has 3 heterocycles. The Morgan fingerprint density at radius 3 is 3.18 bits per heavy atom. The number of nitrogens with one attached hydrogen (secondary N) is 1. The van der Waals surface area contributed by atoms with Gasteiger partial charge in [-0.15, -0.1) is 21.5 Å². The van der Waals surface area contributed by atoms with Crippen LogP contribution in [-0.2, 0) is 12.8 Å². The standard InChI is InChI=1S/C11H10N4OS/c16-11-13-10-8(9-14-12-5-15(9)11)6-3-1-2-4-7(6)17-10/h5H,1-4H2,(H,13,16). The van der Waals surface area contributed by atoms with E-state index in [4.69, 9.17) is 0 Å². The third kappa shape index (κ3) is 1.16. The number of nitrogens with zero attached hydrogens (tertiary/aromatic N) is 3. The van der Waals surface area contributed by atoms with Crippen molar-refractivity contribution in [2.45, 2.75) is 25.7 Å². The number of aromatic nitrogens is 4. The molecule has 0 radical (unpaired) electrons. The zero-order valence-electron chi connectivity index (χ0n) is 9.06. The van der Waals surface area contributed by atoms with Gasteiger partial charge in [-0.1, -0.05) is 0 Å². The predicted molar refractivity (Wildman–Crippen MR) is 65.6 cm³/mol. The number of aromatic amines is 1. The molecule has 0 saturated heterocycles. The van der Waals surface area contributed by atoms with E-state index in [1.165, 1.54) is 34.0 Å². The van der Waals surface area contributed by atoms with Crippen molar-refractivity contribution in [2.24, 2.45) is 0 Å². The van der Waals surface area contributed by atoms with Crippen molar-refractivity contribution >= 4 is 27.2 Å². The fraction of sp³-hybridized carbons (Fsp3) is 0.364. The second kappa shape index (κ2) is 3.16. The molecule has 86 valence electrons. The molecule has 0 unspecified atom stereocenters. The Kier molecular flexibility index (Phi) is 1.74. The van der Waals surface area contributed by atoms with Crippen molar-refractivity contribution in [1.29, 1.82) is 0 Å². The molecule has 4 rings (SSSR count). The third-order valence-corrected chi connectivity index (χ3v) is 4.59.